The predicted molar refractivity (Wildman–Crippen MR) is 118 cm³/mol. The van der Waals surface area contributed by atoms with Crippen LogP contribution in [-0.4, -0.2) is 96.7 Å². The van der Waals surface area contributed by atoms with Gasteiger partial charge in [0, 0.05) is 69.4 Å². The maximum absolute atomic E-state index is 13.1. The summed E-state index contributed by atoms with van der Waals surface area (Å²) in [5.41, 5.74) is 9.48. The number of azide groups is 1. The van der Waals surface area contributed by atoms with E-state index in [0.29, 0.717) is 18.8 Å². The number of imide groups is 2. The Balaban J connectivity index is 1.34. The molecule has 0 aliphatic carbocycles. The molecule has 2 saturated heterocycles. The molecule has 3 heterocycles. The zero-order valence-electron chi connectivity index (χ0n) is 18.2. The Bertz CT molecular complexity index is 1010. The monoisotopic (exact) mass is 454 g/mol. The molecule has 12 nitrogen and oxygen atoms in total. The van der Waals surface area contributed by atoms with Gasteiger partial charge in [-0.25, -0.2) is 0 Å². The van der Waals surface area contributed by atoms with Gasteiger partial charge in [-0.1, -0.05) is 11.2 Å². The fraction of sp³-hybridized carbons (Fsp3) is 0.524. The maximum atomic E-state index is 13.1. The van der Waals surface area contributed by atoms with Gasteiger partial charge in [-0.3, -0.25) is 34.3 Å². The van der Waals surface area contributed by atoms with Crippen molar-refractivity contribution in [2.24, 2.45) is 5.11 Å². The molecule has 1 aromatic carbocycles. The number of amides is 4. The van der Waals surface area contributed by atoms with Crippen molar-refractivity contribution in [3.8, 4) is 0 Å². The van der Waals surface area contributed by atoms with Crippen molar-refractivity contribution in [2.45, 2.75) is 18.9 Å². The second kappa shape index (κ2) is 9.99. The van der Waals surface area contributed by atoms with Crippen LogP contribution in [0.4, 0.5) is 5.69 Å². The minimum Gasteiger partial charge on any atom is -0.383 e. The average Bonchev–Trinajstić information content (AvgIpc) is 3.06. The van der Waals surface area contributed by atoms with E-state index >= 15 is 0 Å². The van der Waals surface area contributed by atoms with Gasteiger partial charge >= 0.3 is 0 Å². The van der Waals surface area contributed by atoms with Gasteiger partial charge in [0.25, 0.3) is 11.8 Å². The van der Waals surface area contributed by atoms with Crippen LogP contribution in [0.15, 0.2) is 23.3 Å². The SMILES string of the molecule is [N-]=[N+]=NCCN1CCN(CCNc2cccc3c2C(=O)N(C2CCC(=O)NC2=O)C3=O)CC1. The Labute approximate surface area is 190 Å². The summed E-state index contributed by atoms with van der Waals surface area (Å²) in [6, 6.07) is 4.08. The lowest BCUT2D eigenvalue weighted by Crippen LogP contribution is -2.54. The predicted octanol–water partition coefficient (Wildman–Crippen LogP) is 0.428. The van der Waals surface area contributed by atoms with Crippen LogP contribution in [0.25, 0.3) is 10.4 Å². The lowest BCUT2D eigenvalue weighted by atomic mass is 10.0. The fourth-order valence-corrected chi connectivity index (χ4v) is 4.48. The molecule has 2 fully saturated rings. The molecule has 3 aliphatic rings. The summed E-state index contributed by atoms with van der Waals surface area (Å²) in [6.07, 6.45) is 0.224. The van der Waals surface area contributed by atoms with Crippen LogP contribution in [0.5, 0.6) is 0 Å². The van der Waals surface area contributed by atoms with Crippen LogP contribution in [0.2, 0.25) is 0 Å². The number of fused-ring (bicyclic) bond motifs is 1. The fourth-order valence-electron chi connectivity index (χ4n) is 4.48. The number of hydrogen-bond acceptors (Lipinski definition) is 8. The molecule has 1 atom stereocenters. The third-order valence-electron chi connectivity index (χ3n) is 6.26. The first-order valence-electron chi connectivity index (χ1n) is 11.0. The third-order valence-corrected chi connectivity index (χ3v) is 6.26. The molecule has 33 heavy (non-hydrogen) atoms. The third kappa shape index (κ3) is 4.82. The molecule has 12 heteroatoms. The lowest BCUT2D eigenvalue weighted by Gasteiger charge is -2.34. The quantitative estimate of drug-likeness (QED) is 0.250. The van der Waals surface area contributed by atoms with E-state index in [9.17, 15) is 19.2 Å². The number of nitrogens with one attached hydrogen (secondary N) is 2. The number of anilines is 1. The van der Waals surface area contributed by atoms with Crippen molar-refractivity contribution in [3.05, 3.63) is 39.8 Å². The highest BCUT2D eigenvalue weighted by Gasteiger charge is 2.45. The van der Waals surface area contributed by atoms with Crippen molar-refractivity contribution in [3.63, 3.8) is 0 Å². The molecule has 174 valence electrons. The van der Waals surface area contributed by atoms with Crippen molar-refractivity contribution in [1.29, 1.82) is 0 Å². The van der Waals surface area contributed by atoms with Crippen LogP contribution in [-0.2, 0) is 9.59 Å². The van der Waals surface area contributed by atoms with Crippen molar-refractivity contribution >= 4 is 29.3 Å². The van der Waals surface area contributed by atoms with Crippen LogP contribution in [0.1, 0.15) is 33.6 Å². The van der Waals surface area contributed by atoms with E-state index in [1.807, 2.05) is 0 Å². The van der Waals surface area contributed by atoms with Crippen LogP contribution in [0, 0.1) is 0 Å². The molecular weight excluding hydrogens is 428 g/mol. The van der Waals surface area contributed by atoms with E-state index in [1.54, 1.807) is 18.2 Å². The van der Waals surface area contributed by atoms with Crippen molar-refractivity contribution in [1.82, 2.24) is 20.0 Å². The summed E-state index contributed by atoms with van der Waals surface area (Å²) >= 11 is 0. The van der Waals surface area contributed by atoms with Crippen molar-refractivity contribution < 1.29 is 19.2 Å². The number of hydrogen-bond donors (Lipinski definition) is 2. The van der Waals surface area contributed by atoms with Gasteiger partial charge in [0.1, 0.15) is 6.04 Å². The normalized spacial score (nSPS) is 21.6. The second-order valence-electron chi connectivity index (χ2n) is 8.24. The van der Waals surface area contributed by atoms with Gasteiger partial charge < -0.3 is 10.2 Å². The second-order valence-corrected chi connectivity index (χ2v) is 8.24. The minimum atomic E-state index is -0.974. The molecule has 2 N–H and O–H groups in total. The van der Waals surface area contributed by atoms with Crippen LogP contribution >= 0.6 is 0 Å². The van der Waals surface area contributed by atoms with Gasteiger partial charge in [0.15, 0.2) is 0 Å². The Morgan fingerprint density at radius 2 is 1.79 bits per heavy atom. The minimum absolute atomic E-state index is 0.0910. The van der Waals surface area contributed by atoms with E-state index in [2.05, 4.69) is 30.5 Å². The molecule has 1 aromatic rings. The number of piperazine rings is 1. The highest BCUT2D eigenvalue weighted by Crippen LogP contribution is 2.32. The number of benzene rings is 1. The first-order chi connectivity index (χ1) is 16.0. The van der Waals surface area contributed by atoms with E-state index in [1.165, 1.54) is 0 Å². The zero-order valence-corrected chi connectivity index (χ0v) is 18.2. The molecule has 1 unspecified atom stereocenters. The molecule has 0 spiro atoms. The summed E-state index contributed by atoms with van der Waals surface area (Å²) in [6.45, 7) is 6.18. The molecule has 4 rings (SSSR count). The standard InChI is InChI=1S/C21H26N8O4/c22-26-24-7-9-28-12-10-27(11-13-28)8-6-23-15-3-1-2-14-18(15)21(33)29(20(14)32)16-4-5-17(30)25-19(16)31/h1-3,16,23H,4-13H2,(H,25,30,31). The number of carbonyl (C=O) groups is 4. The first kappa shape index (κ1) is 22.7. The highest BCUT2D eigenvalue weighted by atomic mass is 16.2. The molecule has 0 bridgehead atoms. The molecule has 0 aromatic heterocycles. The smallest absolute Gasteiger partial charge is 0.264 e. The molecule has 4 amide bonds. The summed E-state index contributed by atoms with van der Waals surface area (Å²) in [5.74, 6) is -2.04. The van der Waals surface area contributed by atoms with E-state index < -0.39 is 29.7 Å². The summed E-state index contributed by atoms with van der Waals surface area (Å²) < 4.78 is 0. The Morgan fingerprint density at radius 3 is 2.48 bits per heavy atom. The molecule has 3 aliphatic heterocycles. The summed E-state index contributed by atoms with van der Waals surface area (Å²) in [7, 11) is 0. The summed E-state index contributed by atoms with van der Waals surface area (Å²) in [5, 5.41) is 9.05. The molecular formula is C21H26N8O4. The summed E-state index contributed by atoms with van der Waals surface area (Å²) in [4.78, 5) is 58.0. The van der Waals surface area contributed by atoms with Crippen LogP contribution in [0.3, 0.4) is 0 Å². The lowest BCUT2D eigenvalue weighted by molar-refractivity contribution is -0.136. The topological polar surface area (TPSA) is 151 Å². The molecule has 0 saturated carbocycles. The van der Waals surface area contributed by atoms with Crippen molar-refractivity contribution in [2.75, 3.05) is 57.7 Å². The number of rotatable bonds is 8. The van der Waals surface area contributed by atoms with Gasteiger partial charge in [0.05, 0.1) is 11.1 Å². The van der Waals surface area contributed by atoms with Gasteiger partial charge in [0.2, 0.25) is 11.8 Å². The van der Waals surface area contributed by atoms with E-state index in [4.69, 9.17) is 5.53 Å². The van der Waals surface area contributed by atoms with Crippen LogP contribution < -0.4 is 10.6 Å². The zero-order chi connectivity index (χ0) is 23.4. The Kier molecular flexibility index (Phi) is 6.87. The molecule has 0 radical (unpaired) electrons. The number of piperidine rings is 1. The van der Waals surface area contributed by atoms with E-state index in [-0.39, 0.29) is 24.0 Å². The van der Waals surface area contributed by atoms with Gasteiger partial charge in [-0.15, -0.1) is 0 Å². The first-order valence-corrected chi connectivity index (χ1v) is 11.0. The average molecular weight is 454 g/mol. The largest absolute Gasteiger partial charge is 0.383 e. The number of nitrogens with zero attached hydrogens (tertiary/aromatic N) is 6. The Hall–Kier alpha value is -3.47. The van der Waals surface area contributed by atoms with Gasteiger partial charge in [-0.2, -0.15) is 0 Å². The van der Waals surface area contributed by atoms with E-state index in [0.717, 1.165) is 44.2 Å². The number of carbonyl (C=O) groups excluding carboxylic acids is 4. The Morgan fingerprint density at radius 1 is 1.06 bits per heavy atom. The van der Waals surface area contributed by atoms with Gasteiger partial charge in [-0.05, 0) is 24.1 Å². The highest BCUT2D eigenvalue weighted by molar-refractivity contribution is 6.25. The maximum Gasteiger partial charge on any atom is 0.264 e.